The summed E-state index contributed by atoms with van der Waals surface area (Å²) in [5.74, 6) is 1.51. The minimum Gasteiger partial charge on any atom is -0.459 e. The van der Waals surface area contributed by atoms with Crippen molar-refractivity contribution < 1.29 is 23.8 Å². The summed E-state index contributed by atoms with van der Waals surface area (Å²) in [6, 6.07) is 3.66. The number of ether oxygens (including phenoxy) is 2. The summed E-state index contributed by atoms with van der Waals surface area (Å²) in [6.45, 7) is 3.78. The molecule has 1 aromatic rings. The van der Waals surface area contributed by atoms with Crippen LogP contribution < -0.4 is 0 Å². The number of furan rings is 1. The van der Waals surface area contributed by atoms with Crippen LogP contribution >= 0.6 is 0 Å². The number of ketones is 1. The van der Waals surface area contributed by atoms with Gasteiger partial charge in [-0.1, -0.05) is 32.6 Å². The van der Waals surface area contributed by atoms with E-state index in [9.17, 15) is 4.79 Å². The molecule has 1 aromatic heterocycles. The van der Waals surface area contributed by atoms with Crippen LogP contribution in [0.2, 0.25) is 0 Å². The highest BCUT2D eigenvalue weighted by molar-refractivity contribution is 5.93. The minimum atomic E-state index is 0.0192. The molecule has 1 N–H and O–H groups in total. The summed E-state index contributed by atoms with van der Waals surface area (Å²) in [4.78, 5) is 11.8. The molecule has 1 heterocycles. The number of hydrogen-bond acceptors (Lipinski definition) is 5. The van der Waals surface area contributed by atoms with Crippen LogP contribution in [0.4, 0.5) is 0 Å². The SMILES string of the molecule is CCCCCCCC(=O)C=Cc1ccc(COCCOCCO)o1. The zero-order valence-electron chi connectivity index (χ0n) is 14.7. The maximum atomic E-state index is 11.8. The highest BCUT2D eigenvalue weighted by Crippen LogP contribution is 2.12. The smallest absolute Gasteiger partial charge is 0.155 e. The molecule has 136 valence electrons. The number of rotatable bonds is 15. The largest absolute Gasteiger partial charge is 0.459 e. The first kappa shape index (κ1) is 20.6. The Hall–Kier alpha value is -1.43. The van der Waals surface area contributed by atoms with E-state index in [-0.39, 0.29) is 12.4 Å². The fraction of sp³-hybridized carbons (Fsp3) is 0.632. The van der Waals surface area contributed by atoms with Crippen molar-refractivity contribution in [1.29, 1.82) is 0 Å². The molecule has 0 atom stereocenters. The van der Waals surface area contributed by atoms with Gasteiger partial charge in [-0.15, -0.1) is 0 Å². The average molecular weight is 338 g/mol. The van der Waals surface area contributed by atoms with Gasteiger partial charge in [-0.2, -0.15) is 0 Å². The third kappa shape index (κ3) is 10.4. The van der Waals surface area contributed by atoms with Gasteiger partial charge < -0.3 is 19.0 Å². The summed E-state index contributed by atoms with van der Waals surface area (Å²) in [5.41, 5.74) is 0. The summed E-state index contributed by atoms with van der Waals surface area (Å²) >= 11 is 0. The van der Waals surface area contributed by atoms with Crippen molar-refractivity contribution in [2.24, 2.45) is 0 Å². The Bertz CT molecular complexity index is 464. The predicted molar refractivity (Wildman–Crippen MR) is 93.7 cm³/mol. The lowest BCUT2D eigenvalue weighted by atomic mass is 10.1. The van der Waals surface area contributed by atoms with Gasteiger partial charge in [0.1, 0.15) is 18.1 Å². The maximum absolute atomic E-state index is 11.8. The normalized spacial score (nSPS) is 11.4. The van der Waals surface area contributed by atoms with Crippen molar-refractivity contribution in [3.63, 3.8) is 0 Å². The van der Waals surface area contributed by atoms with E-state index in [0.29, 0.717) is 44.4 Å². The van der Waals surface area contributed by atoms with Crippen LogP contribution in [0.15, 0.2) is 22.6 Å². The molecule has 0 aliphatic heterocycles. The van der Waals surface area contributed by atoms with Gasteiger partial charge in [-0.25, -0.2) is 0 Å². The lowest BCUT2D eigenvalue weighted by Gasteiger charge is -2.02. The molecule has 1 rings (SSSR count). The van der Waals surface area contributed by atoms with Gasteiger partial charge in [0.25, 0.3) is 0 Å². The summed E-state index contributed by atoms with van der Waals surface area (Å²) in [6.07, 6.45) is 9.65. The molecule has 0 amide bonds. The lowest BCUT2D eigenvalue weighted by molar-refractivity contribution is -0.114. The molecule has 5 nitrogen and oxygen atoms in total. The van der Waals surface area contributed by atoms with Crippen LogP contribution in [0.25, 0.3) is 6.08 Å². The second-order valence-electron chi connectivity index (χ2n) is 5.66. The Labute approximate surface area is 144 Å². The van der Waals surface area contributed by atoms with Gasteiger partial charge in [0, 0.05) is 6.42 Å². The first-order valence-corrected chi connectivity index (χ1v) is 8.82. The third-order valence-electron chi connectivity index (χ3n) is 3.49. The van der Waals surface area contributed by atoms with Crippen LogP contribution in [0.1, 0.15) is 57.0 Å². The summed E-state index contributed by atoms with van der Waals surface area (Å²) in [5, 5.41) is 8.56. The molecule has 0 unspecified atom stereocenters. The standard InChI is InChI=1S/C19H30O5/c1-2-3-4-5-6-7-17(21)8-9-18-10-11-19(24-18)16-23-15-14-22-13-12-20/h8-11,20H,2-7,12-16H2,1H3. The Morgan fingerprint density at radius 2 is 1.92 bits per heavy atom. The van der Waals surface area contributed by atoms with Crippen LogP contribution in [0, 0.1) is 0 Å². The van der Waals surface area contributed by atoms with Gasteiger partial charge in [-0.05, 0) is 30.7 Å². The first-order chi connectivity index (χ1) is 11.8. The van der Waals surface area contributed by atoms with Crippen molar-refractivity contribution in [2.45, 2.75) is 52.1 Å². The van der Waals surface area contributed by atoms with Crippen LogP contribution in [0.3, 0.4) is 0 Å². The quantitative estimate of drug-likeness (QED) is 0.390. The second kappa shape index (κ2) is 14.0. The monoisotopic (exact) mass is 338 g/mol. The zero-order valence-corrected chi connectivity index (χ0v) is 14.7. The maximum Gasteiger partial charge on any atom is 0.155 e. The van der Waals surface area contributed by atoms with E-state index in [2.05, 4.69) is 6.92 Å². The first-order valence-electron chi connectivity index (χ1n) is 8.82. The van der Waals surface area contributed by atoms with E-state index in [4.69, 9.17) is 19.0 Å². The highest BCUT2D eigenvalue weighted by Gasteiger charge is 2.01. The molecule has 0 aliphatic carbocycles. The van der Waals surface area contributed by atoms with E-state index in [1.54, 1.807) is 12.2 Å². The van der Waals surface area contributed by atoms with Gasteiger partial charge in [0.2, 0.25) is 0 Å². The van der Waals surface area contributed by atoms with Crippen LogP contribution in [0.5, 0.6) is 0 Å². The van der Waals surface area contributed by atoms with E-state index in [1.807, 2.05) is 12.1 Å². The van der Waals surface area contributed by atoms with Crippen molar-refractivity contribution in [3.05, 3.63) is 29.7 Å². The molecule has 0 spiro atoms. The van der Waals surface area contributed by atoms with E-state index in [1.165, 1.54) is 19.3 Å². The predicted octanol–water partition coefficient (Wildman–Crippen LogP) is 3.75. The number of aliphatic hydroxyl groups is 1. The Morgan fingerprint density at radius 3 is 2.71 bits per heavy atom. The number of hydrogen-bond donors (Lipinski definition) is 1. The topological polar surface area (TPSA) is 68.9 Å². The molecule has 5 heteroatoms. The van der Waals surface area contributed by atoms with Gasteiger partial charge >= 0.3 is 0 Å². The highest BCUT2D eigenvalue weighted by atomic mass is 16.5. The second-order valence-corrected chi connectivity index (χ2v) is 5.66. The van der Waals surface area contributed by atoms with Crippen molar-refractivity contribution in [3.8, 4) is 0 Å². The summed E-state index contributed by atoms with van der Waals surface area (Å²) in [7, 11) is 0. The van der Waals surface area contributed by atoms with Crippen LogP contribution in [-0.4, -0.2) is 37.3 Å². The average Bonchev–Trinajstić information content (AvgIpc) is 3.04. The molecule has 0 aromatic carbocycles. The molecule has 0 radical (unpaired) electrons. The Morgan fingerprint density at radius 1 is 1.12 bits per heavy atom. The number of aliphatic hydroxyl groups excluding tert-OH is 1. The van der Waals surface area contributed by atoms with Gasteiger partial charge in [0.15, 0.2) is 5.78 Å². The molecule has 0 aliphatic rings. The van der Waals surface area contributed by atoms with Crippen molar-refractivity contribution in [2.75, 3.05) is 26.4 Å². The molecular weight excluding hydrogens is 308 g/mol. The number of unbranched alkanes of at least 4 members (excludes halogenated alkanes) is 4. The van der Waals surface area contributed by atoms with E-state index in [0.717, 1.165) is 12.8 Å². The Kier molecular flexibility index (Phi) is 12.0. The van der Waals surface area contributed by atoms with Crippen molar-refractivity contribution >= 4 is 11.9 Å². The number of carbonyl (C=O) groups is 1. The molecule has 0 fully saturated rings. The molecule has 0 bridgehead atoms. The number of carbonyl (C=O) groups excluding carboxylic acids is 1. The minimum absolute atomic E-state index is 0.0192. The van der Waals surface area contributed by atoms with Gasteiger partial charge in [0.05, 0.1) is 26.4 Å². The zero-order chi connectivity index (χ0) is 17.5. The molecule has 0 saturated carbocycles. The lowest BCUT2D eigenvalue weighted by Crippen LogP contribution is -2.06. The van der Waals surface area contributed by atoms with E-state index < -0.39 is 0 Å². The van der Waals surface area contributed by atoms with Gasteiger partial charge in [-0.3, -0.25) is 4.79 Å². The molecule has 24 heavy (non-hydrogen) atoms. The third-order valence-corrected chi connectivity index (χ3v) is 3.49. The van der Waals surface area contributed by atoms with Crippen LogP contribution in [-0.2, 0) is 20.9 Å². The fourth-order valence-corrected chi connectivity index (χ4v) is 2.18. The molecule has 0 saturated heterocycles. The fourth-order valence-electron chi connectivity index (χ4n) is 2.18. The van der Waals surface area contributed by atoms with Crippen molar-refractivity contribution in [1.82, 2.24) is 0 Å². The molecular formula is C19H30O5. The number of allylic oxidation sites excluding steroid dienone is 1. The Balaban J connectivity index is 2.17. The summed E-state index contributed by atoms with van der Waals surface area (Å²) < 4.78 is 16.1. The van der Waals surface area contributed by atoms with E-state index >= 15 is 0 Å².